The van der Waals surface area contributed by atoms with Gasteiger partial charge in [-0.3, -0.25) is 4.18 Å². The van der Waals surface area contributed by atoms with Crippen molar-refractivity contribution in [1.29, 1.82) is 0 Å². The molecular weight excluding hydrogens is 267 g/mol. The monoisotopic (exact) mass is 286 g/mol. The third-order valence-corrected chi connectivity index (χ3v) is 4.60. The van der Waals surface area contributed by atoms with Gasteiger partial charge in [0.2, 0.25) is 0 Å². The van der Waals surface area contributed by atoms with E-state index in [1.807, 2.05) is 0 Å². The van der Waals surface area contributed by atoms with Crippen molar-refractivity contribution < 1.29 is 26.6 Å². The van der Waals surface area contributed by atoms with E-state index in [9.17, 15) is 13.0 Å². The van der Waals surface area contributed by atoms with E-state index < -0.39 is 35.0 Å². The zero-order valence-electron chi connectivity index (χ0n) is 10.7. The van der Waals surface area contributed by atoms with Crippen molar-refractivity contribution in [2.45, 2.75) is 31.6 Å². The third-order valence-electron chi connectivity index (χ3n) is 2.23. The Bertz CT molecular complexity index is 423. The highest BCUT2D eigenvalue weighted by Crippen LogP contribution is 2.48. The molecular formula is C9H19O6PS. The Morgan fingerprint density at radius 2 is 1.94 bits per heavy atom. The van der Waals surface area contributed by atoms with Gasteiger partial charge in [-0.05, 0) is 27.2 Å². The first kappa shape index (κ1) is 15.1. The number of hydrogen-bond donors (Lipinski definition) is 0. The molecule has 0 radical (unpaired) electrons. The molecule has 1 fully saturated rings. The first-order valence-electron chi connectivity index (χ1n) is 5.15. The lowest BCUT2D eigenvalue weighted by Gasteiger charge is -2.26. The van der Waals surface area contributed by atoms with Crippen LogP contribution in [0, 0.1) is 0 Å². The summed E-state index contributed by atoms with van der Waals surface area (Å²) in [5.74, 6) is -1.81. The Kier molecular flexibility index (Phi) is 4.11. The molecule has 8 heteroatoms. The zero-order valence-corrected chi connectivity index (χ0v) is 12.4. The predicted molar refractivity (Wildman–Crippen MR) is 64.1 cm³/mol. The average Bonchev–Trinajstić information content (AvgIpc) is 2.38. The molecule has 0 aromatic rings. The van der Waals surface area contributed by atoms with Crippen LogP contribution >= 0.6 is 7.14 Å². The van der Waals surface area contributed by atoms with Crippen molar-refractivity contribution in [2.75, 3.05) is 26.2 Å². The van der Waals surface area contributed by atoms with E-state index in [1.165, 1.54) is 13.3 Å². The molecule has 0 saturated carbocycles. The summed E-state index contributed by atoms with van der Waals surface area (Å²) >= 11 is 0. The van der Waals surface area contributed by atoms with Crippen LogP contribution < -0.4 is 0 Å². The Balaban J connectivity index is 2.90. The SMILES string of the molecule is CC1(C)OCC([C@H](OS(C)(=O)=O)P(C)(C)=O)O1. The maximum atomic E-state index is 12.1. The molecule has 0 bridgehead atoms. The van der Waals surface area contributed by atoms with E-state index >= 15 is 0 Å². The van der Waals surface area contributed by atoms with Gasteiger partial charge in [0.15, 0.2) is 11.6 Å². The Morgan fingerprint density at radius 3 is 2.24 bits per heavy atom. The van der Waals surface area contributed by atoms with Crippen LogP contribution in [0.4, 0.5) is 0 Å². The van der Waals surface area contributed by atoms with Crippen LogP contribution in [0.1, 0.15) is 13.8 Å². The summed E-state index contributed by atoms with van der Waals surface area (Å²) in [5.41, 5.74) is 0. The highest BCUT2D eigenvalue weighted by atomic mass is 32.2. The Morgan fingerprint density at radius 1 is 1.41 bits per heavy atom. The highest BCUT2D eigenvalue weighted by Gasteiger charge is 2.44. The number of hydrogen-bond acceptors (Lipinski definition) is 6. The molecule has 1 unspecified atom stereocenters. The molecule has 2 atom stereocenters. The summed E-state index contributed by atoms with van der Waals surface area (Å²) < 4.78 is 50.1. The van der Waals surface area contributed by atoms with Crippen molar-refractivity contribution in [3.8, 4) is 0 Å². The van der Waals surface area contributed by atoms with E-state index in [0.717, 1.165) is 6.26 Å². The topological polar surface area (TPSA) is 78.9 Å². The van der Waals surface area contributed by atoms with Gasteiger partial charge in [0.1, 0.15) is 13.2 Å². The summed E-state index contributed by atoms with van der Waals surface area (Å²) in [5, 5.41) is 0. The Hall–Kier alpha value is 0.0600. The summed E-state index contributed by atoms with van der Waals surface area (Å²) in [4.78, 5) is 0. The normalized spacial score (nSPS) is 27.0. The fourth-order valence-corrected chi connectivity index (χ4v) is 4.33. The lowest BCUT2D eigenvalue weighted by molar-refractivity contribution is -0.143. The third kappa shape index (κ3) is 4.67. The predicted octanol–water partition coefficient (Wildman–Crippen LogP) is 1.06. The second-order valence-electron chi connectivity index (χ2n) is 4.99. The van der Waals surface area contributed by atoms with Crippen molar-refractivity contribution in [1.82, 2.24) is 0 Å². The lowest BCUT2D eigenvalue weighted by Crippen LogP contribution is -2.34. The van der Waals surface area contributed by atoms with Crippen LogP contribution in [0.25, 0.3) is 0 Å². The van der Waals surface area contributed by atoms with E-state index in [4.69, 9.17) is 13.7 Å². The van der Waals surface area contributed by atoms with Crippen LogP contribution in [-0.4, -0.2) is 52.3 Å². The molecule has 0 N–H and O–H groups in total. The van der Waals surface area contributed by atoms with Crippen LogP contribution in [0.15, 0.2) is 0 Å². The molecule has 1 saturated heterocycles. The van der Waals surface area contributed by atoms with Crippen molar-refractivity contribution >= 4 is 17.3 Å². The van der Waals surface area contributed by atoms with Crippen molar-refractivity contribution in [2.24, 2.45) is 0 Å². The Labute approximate surface area is 102 Å². The zero-order chi connectivity index (χ0) is 13.5. The maximum absolute atomic E-state index is 12.1. The molecule has 1 aliphatic rings. The molecule has 1 aliphatic heterocycles. The fourth-order valence-electron chi connectivity index (χ4n) is 1.60. The van der Waals surface area contributed by atoms with Crippen LogP contribution in [0.5, 0.6) is 0 Å². The standard InChI is InChI=1S/C9H19O6PS/c1-9(2)13-6-7(14-9)8(16(3,4)10)15-17(5,11)12/h7-8H,6H2,1-5H3/t7?,8-/m1/s1. The van der Waals surface area contributed by atoms with Crippen LogP contribution in [0.2, 0.25) is 0 Å². The largest absolute Gasteiger partial charge is 0.348 e. The molecule has 0 aromatic heterocycles. The maximum Gasteiger partial charge on any atom is 0.265 e. The van der Waals surface area contributed by atoms with Gasteiger partial charge < -0.3 is 14.0 Å². The summed E-state index contributed by atoms with van der Waals surface area (Å²) in [6, 6.07) is 0. The summed E-state index contributed by atoms with van der Waals surface area (Å²) in [6.07, 6.45) is 0.289. The van der Waals surface area contributed by atoms with Crippen LogP contribution in [0.3, 0.4) is 0 Å². The van der Waals surface area contributed by atoms with Gasteiger partial charge in [-0.15, -0.1) is 0 Å². The number of ether oxygens (including phenoxy) is 2. The quantitative estimate of drug-likeness (QED) is 0.568. The van der Waals surface area contributed by atoms with Crippen molar-refractivity contribution in [3.63, 3.8) is 0 Å². The molecule has 1 heterocycles. The average molecular weight is 286 g/mol. The van der Waals surface area contributed by atoms with E-state index in [1.54, 1.807) is 13.8 Å². The van der Waals surface area contributed by atoms with E-state index in [2.05, 4.69) is 0 Å². The molecule has 0 aliphatic carbocycles. The lowest BCUT2D eigenvalue weighted by atomic mass is 10.4. The van der Waals surface area contributed by atoms with Gasteiger partial charge in [-0.1, -0.05) is 0 Å². The highest BCUT2D eigenvalue weighted by molar-refractivity contribution is 7.86. The molecule has 0 spiro atoms. The van der Waals surface area contributed by atoms with Gasteiger partial charge >= 0.3 is 0 Å². The fraction of sp³-hybridized carbons (Fsp3) is 1.00. The van der Waals surface area contributed by atoms with Crippen molar-refractivity contribution in [3.05, 3.63) is 0 Å². The molecule has 102 valence electrons. The van der Waals surface area contributed by atoms with Gasteiger partial charge in [0, 0.05) is 0 Å². The van der Waals surface area contributed by atoms with E-state index in [0.29, 0.717) is 0 Å². The first-order valence-corrected chi connectivity index (χ1v) is 9.64. The van der Waals surface area contributed by atoms with Crippen LogP contribution in [-0.2, 0) is 28.3 Å². The molecule has 0 aromatic carbocycles. The van der Waals surface area contributed by atoms with Gasteiger partial charge in [-0.25, -0.2) is 0 Å². The smallest absolute Gasteiger partial charge is 0.265 e. The van der Waals surface area contributed by atoms with E-state index in [-0.39, 0.29) is 6.61 Å². The summed E-state index contributed by atoms with van der Waals surface area (Å²) in [6.45, 7) is 6.52. The van der Waals surface area contributed by atoms with Gasteiger partial charge in [-0.2, -0.15) is 8.42 Å². The summed E-state index contributed by atoms with van der Waals surface area (Å²) in [7, 11) is -6.47. The minimum absolute atomic E-state index is 0.166. The number of rotatable bonds is 4. The molecule has 6 nitrogen and oxygen atoms in total. The minimum Gasteiger partial charge on any atom is -0.348 e. The second kappa shape index (κ2) is 4.63. The molecule has 1 rings (SSSR count). The second-order valence-corrected chi connectivity index (χ2v) is 9.97. The minimum atomic E-state index is -3.69. The molecule has 17 heavy (non-hydrogen) atoms. The molecule has 0 amide bonds. The van der Waals surface area contributed by atoms with Gasteiger partial charge in [0.05, 0.1) is 12.9 Å². The van der Waals surface area contributed by atoms with Gasteiger partial charge in [0.25, 0.3) is 10.1 Å². The first-order chi connectivity index (χ1) is 7.41.